The van der Waals surface area contributed by atoms with Crippen molar-refractivity contribution >= 4 is 35.1 Å². The van der Waals surface area contributed by atoms with Gasteiger partial charge in [-0.25, -0.2) is 28.5 Å². The summed E-state index contributed by atoms with van der Waals surface area (Å²) in [6.07, 6.45) is 3.87. The largest absolute Gasteiger partial charge is 0.497 e. The van der Waals surface area contributed by atoms with Crippen molar-refractivity contribution in [3.8, 4) is 22.8 Å². The lowest BCUT2D eigenvalue weighted by atomic mass is 10.1. The molecule has 2 fully saturated rings. The van der Waals surface area contributed by atoms with Crippen molar-refractivity contribution in [3.63, 3.8) is 0 Å². The number of rotatable bonds is 11. The summed E-state index contributed by atoms with van der Waals surface area (Å²) in [5.41, 5.74) is 3.88. The molecule has 1 N–H and O–H groups in total. The van der Waals surface area contributed by atoms with Crippen LogP contribution in [0.4, 0.5) is 42.7 Å². The zero-order chi connectivity index (χ0) is 39.3. The second-order valence-corrected chi connectivity index (χ2v) is 13.8. The molecule has 16 heteroatoms. The van der Waals surface area contributed by atoms with Crippen LogP contribution in [0.1, 0.15) is 16.7 Å². The molecule has 8 rings (SSSR count). The normalized spacial score (nSPS) is 15.3. The first-order valence-corrected chi connectivity index (χ1v) is 18.8. The number of nitrogens with zero attached hydrogens (tertiary/aromatic N) is 8. The van der Waals surface area contributed by atoms with Crippen molar-refractivity contribution in [1.29, 1.82) is 0 Å². The Balaban J connectivity index is 1.09. The van der Waals surface area contributed by atoms with Gasteiger partial charge in [0.1, 0.15) is 23.0 Å². The van der Waals surface area contributed by atoms with Crippen LogP contribution < -0.4 is 34.4 Å². The molecule has 5 aromatic rings. The molecule has 0 bridgehead atoms. The minimum atomic E-state index is -0.869. The van der Waals surface area contributed by atoms with E-state index in [1.165, 1.54) is 17.0 Å². The first-order valence-electron chi connectivity index (χ1n) is 18.8. The first kappa shape index (κ1) is 37.8. The van der Waals surface area contributed by atoms with Crippen molar-refractivity contribution < 1.29 is 32.5 Å². The fraction of sp³-hybridized carbons (Fsp3) is 0.341. The molecule has 2 saturated heterocycles. The van der Waals surface area contributed by atoms with E-state index < -0.39 is 23.4 Å². The second-order valence-electron chi connectivity index (χ2n) is 13.8. The minimum absolute atomic E-state index is 0.223. The highest BCUT2D eigenvalue weighted by Gasteiger charge is 2.33. The van der Waals surface area contributed by atoms with Gasteiger partial charge in [-0.3, -0.25) is 4.90 Å². The van der Waals surface area contributed by atoms with Crippen LogP contribution in [0.3, 0.4) is 0 Å². The van der Waals surface area contributed by atoms with Gasteiger partial charge in [-0.1, -0.05) is 24.3 Å². The Morgan fingerprint density at radius 3 is 1.86 bits per heavy atom. The van der Waals surface area contributed by atoms with Gasteiger partial charge in [0.25, 0.3) is 0 Å². The molecular formula is C41H43F2N9O5. The number of aromatic nitrogens is 4. The Morgan fingerprint density at radius 1 is 0.772 bits per heavy atom. The number of carbonyl (C=O) groups excluding carboxylic acids is 1. The molecule has 0 radical (unpaired) electrons. The van der Waals surface area contributed by atoms with Crippen LogP contribution in [0.25, 0.3) is 11.3 Å². The molecule has 5 heterocycles. The summed E-state index contributed by atoms with van der Waals surface area (Å²) in [6.45, 7) is 5.35. The van der Waals surface area contributed by atoms with E-state index in [-0.39, 0.29) is 6.54 Å². The number of carbonyl (C=O) groups is 1. The lowest BCUT2D eigenvalue weighted by Gasteiger charge is -2.29. The highest BCUT2D eigenvalue weighted by molar-refractivity contribution is 6.03. The summed E-state index contributed by atoms with van der Waals surface area (Å²) in [5.74, 6) is 1.07. The van der Waals surface area contributed by atoms with E-state index in [2.05, 4.69) is 10.2 Å². The standard InChI is InChI=1S/C41H43F2N9O5/c1-54-31-7-3-27(4-8-31)25-51(26-28-5-9-32(55-2)10-6-28)39-44-23-29(24-45-39)36-33-11-12-52(38(33)48-40(46-36)50-15-19-57-20-16-50)41(53)47-37-34(42)21-30(22-35(37)43)49-13-17-56-18-14-49/h3-10,21-24H,11-20,25-26H2,1-2H3,(H,47,53). The van der Waals surface area contributed by atoms with Crippen molar-refractivity contribution in [3.05, 3.63) is 101 Å². The van der Waals surface area contributed by atoms with Crippen molar-refractivity contribution in [2.75, 3.05) is 98.3 Å². The maximum Gasteiger partial charge on any atom is 0.327 e. The molecule has 0 unspecified atom stereocenters. The third kappa shape index (κ3) is 8.37. The van der Waals surface area contributed by atoms with E-state index >= 15 is 8.78 Å². The number of ether oxygens (including phenoxy) is 4. The van der Waals surface area contributed by atoms with Crippen LogP contribution in [0.15, 0.2) is 73.1 Å². The Morgan fingerprint density at radius 2 is 1.32 bits per heavy atom. The molecule has 2 aromatic heterocycles. The number of nitrogens with one attached hydrogen (secondary N) is 1. The van der Waals surface area contributed by atoms with Gasteiger partial charge in [-0.05, 0) is 53.9 Å². The van der Waals surface area contributed by atoms with Gasteiger partial charge in [0.05, 0.1) is 46.3 Å². The van der Waals surface area contributed by atoms with Crippen LogP contribution in [0.5, 0.6) is 11.5 Å². The predicted molar refractivity (Wildman–Crippen MR) is 211 cm³/mol. The Kier molecular flexibility index (Phi) is 11.2. The number of anilines is 5. The summed E-state index contributed by atoms with van der Waals surface area (Å²) in [6, 6.07) is 17.5. The third-order valence-electron chi connectivity index (χ3n) is 10.2. The number of urea groups is 1. The lowest BCUT2D eigenvalue weighted by molar-refractivity contribution is 0.122. The average Bonchev–Trinajstić information content (AvgIpc) is 3.70. The zero-order valence-electron chi connectivity index (χ0n) is 31.8. The number of halogens is 2. The highest BCUT2D eigenvalue weighted by atomic mass is 19.1. The fourth-order valence-electron chi connectivity index (χ4n) is 7.15. The molecule has 0 saturated carbocycles. The van der Waals surface area contributed by atoms with Crippen LogP contribution in [0, 0.1) is 11.6 Å². The van der Waals surface area contributed by atoms with E-state index in [0.717, 1.165) is 22.6 Å². The molecule has 3 aromatic carbocycles. The average molecular weight is 780 g/mol. The van der Waals surface area contributed by atoms with Gasteiger partial charge in [-0.15, -0.1) is 0 Å². The van der Waals surface area contributed by atoms with Gasteiger partial charge in [0.15, 0.2) is 11.6 Å². The van der Waals surface area contributed by atoms with Gasteiger partial charge in [0, 0.05) is 75.0 Å². The predicted octanol–water partition coefficient (Wildman–Crippen LogP) is 5.70. The quantitative estimate of drug-likeness (QED) is 0.177. The van der Waals surface area contributed by atoms with Gasteiger partial charge >= 0.3 is 6.03 Å². The molecule has 14 nitrogen and oxygen atoms in total. The van der Waals surface area contributed by atoms with Crippen molar-refractivity contribution in [2.45, 2.75) is 19.5 Å². The van der Waals surface area contributed by atoms with Crippen LogP contribution in [0.2, 0.25) is 0 Å². The van der Waals surface area contributed by atoms with Crippen LogP contribution in [-0.2, 0) is 29.0 Å². The molecule has 3 aliphatic heterocycles. The number of fused-ring (bicyclic) bond motifs is 1. The summed E-state index contributed by atoms with van der Waals surface area (Å²) in [7, 11) is 3.27. The second kappa shape index (κ2) is 16.9. The van der Waals surface area contributed by atoms with Gasteiger partial charge < -0.3 is 39.0 Å². The first-order chi connectivity index (χ1) is 27.9. The smallest absolute Gasteiger partial charge is 0.327 e. The van der Waals surface area contributed by atoms with Crippen molar-refractivity contribution in [2.24, 2.45) is 0 Å². The molecule has 296 valence electrons. The van der Waals surface area contributed by atoms with Crippen LogP contribution >= 0.6 is 0 Å². The number of methoxy groups -OCH3 is 2. The highest BCUT2D eigenvalue weighted by Crippen LogP contribution is 2.37. The number of benzene rings is 3. The van der Waals surface area contributed by atoms with Gasteiger partial charge in [0.2, 0.25) is 11.9 Å². The summed E-state index contributed by atoms with van der Waals surface area (Å²) in [4.78, 5) is 40.6. The number of hydrogen-bond donors (Lipinski definition) is 1. The fourth-order valence-corrected chi connectivity index (χ4v) is 7.15. The molecule has 0 atom stereocenters. The maximum atomic E-state index is 15.4. The van der Waals surface area contributed by atoms with Crippen LogP contribution in [-0.4, -0.2) is 99.3 Å². The Hall–Kier alpha value is -6.13. The summed E-state index contributed by atoms with van der Waals surface area (Å²) >= 11 is 0. The maximum absolute atomic E-state index is 15.4. The molecular weight excluding hydrogens is 737 g/mol. The zero-order valence-corrected chi connectivity index (χ0v) is 31.8. The van der Waals surface area contributed by atoms with E-state index in [1.54, 1.807) is 26.6 Å². The summed E-state index contributed by atoms with van der Waals surface area (Å²) < 4.78 is 52.5. The Bertz CT molecular complexity index is 2110. The minimum Gasteiger partial charge on any atom is -0.497 e. The molecule has 57 heavy (non-hydrogen) atoms. The number of morpholine rings is 2. The monoisotopic (exact) mass is 779 g/mol. The topological polar surface area (TPSA) is 131 Å². The lowest BCUT2D eigenvalue weighted by Crippen LogP contribution is -2.38. The molecule has 2 amide bonds. The van der Waals surface area contributed by atoms with E-state index in [1.807, 2.05) is 58.3 Å². The van der Waals surface area contributed by atoms with Crippen molar-refractivity contribution in [1.82, 2.24) is 19.9 Å². The summed E-state index contributed by atoms with van der Waals surface area (Å²) in [5, 5.41) is 2.48. The number of amides is 2. The van der Waals surface area contributed by atoms with E-state index in [0.29, 0.717) is 112 Å². The number of hydrogen-bond acceptors (Lipinski definition) is 12. The Labute approximate surface area is 329 Å². The van der Waals surface area contributed by atoms with E-state index in [4.69, 9.17) is 38.9 Å². The SMILES string of the molecule is COc1ccc(CN(Cc2ccc(OC)cc2)c2ncc(-c3nc(N4CCOCC4)nc4c3CCN4C(=O)Nc3c(F)cc(N4CCOCC4)cc3F)cn2)cc1. The van der Waals surface area contributed by atoms with E-state index in [9.17, 15) is 4.79 Å². The third-order valence-corrected chi connectivity index (χ3v) is 10.2. The molecule has 0 spiro atoms. The van der Waals surface area contributed by atoms with Gasteiger partial charge in [-0.2, -0.15) is 4.98 Å². The molecule has 3 aliphatic rings. The molecule has 0 aliphatic carbocycles.